The Balaban J connectivity index is 1.85. The molecule has 0 spiro atoms. The van der Waals surface area contributed by atoms with Gasteiger partial charge in [-0.1, -0.05) is 32.6 Å². The van der Waals surface area contributed by atoms with Crippen LogP contribution in [0.2, 0.25) is 0 Å². The highest BCUT2D eigenvalue weighted by Crippen LogP contribution is 2.18. The van der Waals surface area contributed by atoms with Crippen LogP contribution in [-0.2, 0) is 20.0 Å². The molecule has 0 unspecified atom stereocenters. The van der Waals surface area contributed by atoms with Crippen molar-refractivity contribution in [2.24, 2.45) is 7.05 Å². The molecule has 0 bridgehead atoms. The number of nitrogens with one attached hydrogen (secondary N) is 1. The minimum Gasteiger partial charge on any atom is -0.350 e. The third kappa shape index (κ3) is 3.35. The molecule has 1 saturated carbocycles. The topological polar surface area (TPSA) is 17.0 Å². The third-order valence-electron chi connectivity index (χ3n) is 4.01. The van der Waals surface area contributed by atoms with Crippen molar-refractivity contribution in [3.63, 3.8) is 0 Å². The summed E-state index contributed by atoms with van der Waals surface area (Å²) in [6.45, 7) is 3.28. The van der Waals surface area contributed by atoms with Crippen molar-refractivity contribution < 1.29 is 0 Å². The lowest BCUT2D eigenvalue weighted by Gasteiger charge is -2.23. The molecule has 1 fully saturated rings. The van der Waals surface area contributed by atoms with E-state index in [1.807, 2.05) is 0 Å². The minimum absolute atomic E-state index is 0.758. The second kappa shape index (κ2) is 6.25. The molecule has 1 N–H and O–H groups in total. The summed E-state index contributed by atoms with van der Waals surface area (Å²) >= 11 is 0. The zero-order chi connectivity index (χ0) is 12.1. The van der Waals surface area contributed by atoms with Gasteiger partial charge in [-0.15, -0.1) is 0 Å². The highest BCUT2D eigenvalue weighted by Gasteiger charge is 2.13. The molecule has 0 amide bonds. The van der Waals surface area contributed by atoms with E-state index >= 15 is 0 Å². The number of hydrogen-bond donors (Lipinski definition) is 1. The van der Waals surface area contributed by atoms with Gasteiger partial charge in [-0.05, 0) is 31.4 Å². The summed E-state index contributed by atoms with van der Waals surface area (Å²) < 4.78 is 2.36. The highest BCUT2D eigenvalue weighted by molar-refractivity contribution is 5.16. The molecular weight excluding hydrogens is 208 g/mol. The fourth-order valence-electron chi connectivity index (χ4n) is 2.84. The number of aryl methyl sites for hydroxylation is 1. The summed E-state index contributed by atoms with van der Waals surface area (Å²) in [5.41, 5.74) is 2.90. The van der Waals surface area contributed by atoms with Crippen LogP contribution in [0.3, 0.4) is 0 Å². The van der Waals surface area contributed by atoms with Gasteiger partial charge in [0, 0.05) is 31.0 Å². The Morgan fingerprint density at radius 1 is 1.18 bits per heavy atom. The number of rotatable bonds is 5. The predicted molar refractivity (Wildman–Crippen MR) is 73.1 cm³/mol. The average Bonchev–Trinajstić information content (AvgIpc) is 2.70. The maximum atomic E-state index is 3.71. The Hall–Kier alpha value is -0.760. The Morgan fingerprint density at radius 3 is 2.59 bits per heavy atom. The molecule has 2 nitrogen and oxygen atoms in total. The monoisotopic (exact) mass is 234 g/mol. The van der Waals surface area contributed by atoms with Gasteiger partial charge in [0.15, 0.2) is 0 Å². The summed E-state index contributed by atoms with van der Waals surface area (Å²) in [5, 5.41) is 3.71. The lowest BCUT2D eigenvalue weighted by atomic mass is 9.95. The molecule has 0 aliphatic heterocycles. The second-order valence-electron chi connectivity index (χ2n) is 5.34. The van der Waals surface area contributed by atoms with E-state index in [2.05, 4.69) is 36.0 Å². The maximum Gasteiger partial charge on any atom is 0.0361 e. The summed E-state index contributed by atoms with van der Waals surface area (Å²) in [6.07, 6.45) is 9.41. The molecule has 96 valence electrons. The molecule has 1 aromatic heterocycles. The van der Waals surface area contributed by atoms with Crippen molar-refractivity contribution in [1.29, 1.82) is 0 Å². The molecular formula is C15H26N2. The molecule has 1 aliphatic carbocycles. The molecule has 1 aromatic rings. The first-order valence-electron chi connectivity index (χ1n) is 7.18. The molecule has 1 heterocycles. The van der Waals surface area contributed by atoms with Gasteiger partial charge in [-0.25, -0.2) is 0 Å². The maximum absolute atomic E-state index is 3.71. The zero-order valence-electron chi connectivity index (χ0n) is 11.3. The minimum atomic E-state index is 0.758. The molecule has 0 atom stereocenters. The van der Waals surface area contributed by atoms with E-state index in [0.29, 0.717) is 0 Å². The van der Waals surface area contributed by atoms with E-state index in [0.717, 1.165) is 12.6 Å². The molecule has 2 rings (SSSR count). The molecule has 0 radical (unpaired) electrons. The van der Waals surface area contributed by atoms with E-state index < -0.39 is 0 Å². The van der Waals surface area contributed by atoms with Gasteiger partial charge in [-0.2, -0.15) is 0 Å². The van der Waals surface area contributed by atoms with E-state index in [1.165, 1.54) is 56.3 Å². The molecule has 1 aliphatic rings. The van der Waals surface area contributed by atoms with Crippen LogP contribution < -0.4 is 5.32 Å². The predicted octanol–water partition coefficient (Wildman–Crippen LogP) is 3.40. The van der Waals surface area contributed by atoms with Crippen LogP contribution in [0.5, 0.6) is 0 Å². The Bertz CT molecular complexity index is 335. The van der Waals surface area contributed by atoms with Crippen molar-refractivity contribution in [2.75, 3.05) is 0 Å². The van der Waals surface area contributed by atoms with Crippen LogP contribution in [-0.4, -0.2) is 10.6 Å². The Labute approximate surface area is 105 Å². The van der Waals surface area contributed by atoms with E-state index in [9.17, 15) is 0 Å². The SMILES string of the molecule is CCCc1ccc(CNC2CCCCC2)n1C. The summed E-state index contributed by atoms with van der Waals surface area (Å²) in [7, 11) is 2.20. The van der Waals surface area contributed by atoms with Gasteiger partial charge in [0.05, 0.1) is 0 Å². The fraction of sp³-hybridized carbons (Fsp3) is 0.733. The Kier molecular flexibility index (Phi) is 4.66. The molecule has 0 aromatic carbocycles. The Morgan fingerprint density at radius 2 is 1.88 bits per heavy atom. The first-order chi connectivity index (χ1) is 8.31. The smallest absolute Gasteiger partial charge is 0.0361 e. The first-order valence-corrected chi connectivity index (χ1v) is 7.18. The standard InChI is InChI=1S/C15H26N2/c1-3-7-14-10-11-15(17(14)2)12-16-13-8-5-4-6-9-13/h10-11,13,16H,3-9,12H2,1-2H3. The average molecular weight is 234 g/mol. The van der Waals surface area contributed by atoms with Gasteiger partial charge >= 0.3 is 0 Å². The van der Waals surface area contributed by atoms with Gasteiger partial charge < -0.3 is 9.88 Å². The van der Waals surface area contributed by atoms with Crippen molar-refractivity contribution in [2.45, 2.75) is 64.5 Å². The van der Waals surface area contributed by atoms with E-state index in [1.54, 1.807) is 0 Å². The van der Waals surface area contributed by atoms with E-state index in [-0.39, 0.29) is 0 Å². The van der Waals surface area contributed by atoms with E-state index in [4.69, 9.17) is 0 Å². The number of nitrogens with zero attached hydrogens (tertiary/aromatic N) is 1. The lowest BCUT2D eigenvalue weighted by Crippen LogP contribution is -2.31. The van der Waals surface area contributed by atoms with Crippen LogP contribution >= 0.6 is 0 Å². The van der Waals surface area contributed by atoms with Gasteiger partial charge in [-0.3, -0.25) is 0 Å². The van der Waals surface area contributed by atoms with Crippen LogP contribution in [0.4, 0.5) is 0 Å². The van der Waals surface area contributed by atoms with Gasteiger partial charge in [0.2, 0.25) is 0 Å². The number of hydrogen-bond acceptors (Lipinski definition) is 1. The highest BCUT2D eigenvalue weighted by atomic mass is 15.0. The largest absolute Gasteiger partial charge is 0.350 e. The van der Waals surface area contributed by atoms with Crippen LogP contribution in [0, 0.1) is 0 Å². The fourth-order valence-corrected chi connectivity index (χ4v) is 2.84. The molecule has 17 heavy (non-hydrogen) atoms. The third-order valence-corrected chi connectivity index (χ3v) is 4.01. The summed E-state index contributed by atoms with van der Waals surface area (Å²) in [6, 6.07) is 5.32. The van der Waals surface area contributed by atoms with Crippen molar-refractivity contribution >= 4 is 0 Å². The molecule has 2 heteroatoms. The van der Waals surface area contributed by atoms with Crippen LogP contribution in [0.15, 0.2) is 12.1 Å². The van der Waals surface area contributed by atoms with Gasteiger partial charge in [0.1, 0.15) is 0 Å². The van der Waals surface area contributed by atoms with Crippen molar-refractivity contribution in [3.8, 4) is 0 Å². The normalized spacial score (nSPS) is 17.5. The quantitative estimate of drug-likeness (QED) is 0.826. The van der Waals surface area contributed by atoms with Gasteiger partial charge in [0.25, 0.3) is 0 Å². The van der Waals surface area contributed by atoms with Crippen molar-refractivity contribution in [3.05, 3.63) is 23.5 Å². The van der Waals surface area contributed by atoms with Crippen molar-refractivity contribution in [1.82, 2.24) is 9.88 Å². The number of aromatic nitrogens is 1. The zero-order valence-corrected chi connectivity index (χ0v) is 11.3. The lowest BCUT2D eigenvalue weighted by molar-refractivity contribution is 0.369. The first kappa shape index (κ1) is 12.7. The second-order valence-corrected chi connectivity index (χ2v) is 5.34. The van der Waals surface area contributed by atoms with Crippen LogP contribution in [0.1, 0.15) is 56.8 Å². The summed E-state index contributed by atoms with van der Waals surface area (Å²) in [5.74, 6) is 0. The van der Waals surface area contributed by atoms with Crippen LogP contribution in [0.25, 0.3) is 0 Å². The summed E-state index contributed by atoms with van der Waals surface area (Å²) in [4.78, 5) is 0. The molecule has 0 saturated heterocycles.